The Morgan fingerprint density at radius 3 is 2.41 bits per heavy atom. The molecule has 0 bridgehead atoms. The summed E-state index contributed by atoms with van der Waals surface area (Å²) in [7, 11) is 3.03. The van der Waals surface area contributed by atoms with Gasteiger partial charge in [0.15, 0.2) is 11.5 Å². The van der Waals surface area contributed by atoms with E-state index in [0.717, 1.165) is 35.2 Å². The van der Waals surface area contributed by atoms with Gasteiger partial charge in [0.2, 0.25) is 17.7 Å². The maximum Gasteiger partial charge on any atom is 0.254 e. The van der Waals surface area contributed by atoms with Crippen LogP contribution in [0.25, 0.3) is 10.9 Å². The molecule has 3 atom stereocenters. The van der Waals surface area contributed by atoms with Crippen LogP contribution >= 0.6 is 11.6 Å². The van der Waals surface area contributed by atoms with Crippen LogP contribution in [0.15, 0.2) is 42.6 Å². The van der Waals surface area contributed by atoms with E-state index < -0.39 is 5.92 Å². The molecule has 6 rings (SSSR count). The number of aromatic amines is 1. The van der Waals surface area contributed by atoms with Gasteiger partial charge in [-0.1, -0.05) is 37.4 Å². The van der Waals surface area contributed by atoms with E-state index in [2.05, 4.69) is 22.5 Å². The third-order valence-electron chi connectivity index (χ3n) is 10.9. The minimum absolute atomic E-state index is 0.0214. The van der Waals surface area contributed by atoms with Gasteiger partial charge in [-0.25, -0.2) is 0 Å². The molecule has 0 spiro atoms. The van der Waals surface area contributed by atoms with Crippen LogP contribution in [-0.4, -0.2) is 103 Å². The Balaban J connectivity index is 0.000000486. The summed E-state index contributed by atoms with van der Waals surface area (Å²) < 4.78 is 11.3. The molecule has 3 fully saturated rings. The first-order valence-corrected chi connectivity index (χ1v) is 19.6. The number of amides is 4. The van der Waals surface area contributed by atoms with Crippen molar-refractivity contribution in [1.29, 1.82) is 0 Å². The van der Waals surface area contributed by atoms with E-state index in [0.29, 0.717) is 41.7 Å². The predicted molar refractivity (Wildman–Crippen MR) is 209 cm³/mol. The monoisotopic (exact) mass is 765 g/mol. The highest BCUT2D eigenvalue weighted by atomic mass is 35.5. The van der Waals surface area contributed by atoms with Crippen LogP contribution in [0.4, 0.5) is 0 Å². The van der Waals surface area contributed by atoms with Crippen molar-refractivity contribution < 1.29 is 33.8 Å². The molecule has 13 heteroatoms. The fourth-order valence-corrected chi connectivity index (χ4v) is 8.24. The lowest BCUT2D eigenvalue weighted by Crippen LogP contribution is -2.54. The number of benzene rings is 2. The summed E-state index contributed by atoms with van der Waals surface area (Å²) in [6.07, 6.45) is 9.21. The number of fused-ring (bicyclic) bond motifs is 2. The van der Waals surface area contributed by atoms with Gasteiger partial charge >= 0.3 is 0 Å². The van der Waals surface area contributed by atoms with E-state index in [9.17, 15) is 24.3 Å². The molecule has 0 radical (unpaired) electrons. The number of ether oxygens (including phenoxy) is 2. The Hall–Kier alpha value is -4.29. The van der Waals surface area contributed by atoms with Crippen molar-refractivity contribution >= 4 is 46.1 Å². The molecule has 12 nitrogen and oxygen atoms in total. The third kappa shape index (κ3) is 10.3. The molecule has 4 N–H and O–H groups in total. The van der Waals surface area contributed by atoms with E-state index in [1.54, 1.807) is 40.3 Å². The minimum Gasteiger partial charge on any atom is -0.493 e. The van der Waals surface area contributed by atoms with Crippen molar-refractivity contribution in [2.45, 2.75) is 77.9 Å². The van der Waals surface area contributed by atoms with Gasteiger partial charge in [-0.3, -0.25) is 19.2 Å². The van der Waals surface area contributed by atoms with Gasteiger partial charge in [0.25, 0.3) is 5.91 Å². The number of halogens is 1. The SMILES string of the molecule is CCCC1CCC(O)CC1.CNC(=O)CNC(=O)C1CN(C(=O)Cc2c[nH]c3cc(Cl)ccc23)CC2CN(C(=O)c3ccc(OC(C)C)c(OC)c3)CC21. The van der Waals surface area contributed by atoms with Gasteiger partial charge in [-0.05, 0) is 93.2 Å². The number of rotatable bonds is 11. The molecule has 3 heterocycles. The van der Waals surface area contributed by atoms with Crippen LogP contribution in [0.2, 0.25) is 5.02 Å². The normalized spacial score (nSPS) is 22.3. The Labute approximate surface area is 323 Å². The van der Waals surface area contributed by atoms with Crippen molar-refractivity contribution in [2.24, 2.45) is 23.7 Å². The first-order valence-electron chi connectivity index (χ1n) is 19.2. The highest BCUT2D eigenvalue weighted by molar-refractivity contribution is 6.31. The highest BCUT2D eigenvalue weighted by Gasteiger charge is 2.48. The van der Waals surface area contributed by atoms with Crippen LogP contribution in [0.1, 0.15) is 75.2 Å². The van der Waals surface area contributed by atoms with Gasteiger partial charge in [-0.15, -0.1) is 0 Å². The van der Waals surface area contributed by atoms with Gasteiger partial charge in [0.1, 0.15) is 0 Å². The van der Waals surface area contributed by atoms with Gasteiger partial charge in [0.05, 0.1) is 38.2 Å². The molecule has 3 aliphatic rings. The van der Waals surface area contributed by atoms with E-state index in [-0.39, 0.29) is 67.2 Å². The Bertz CT molecular complexity index is 1770. The molecule has 1 aliphatic carbocycles. The van der Waals surface area contributed by atoms with E-state index in [4.69, 9.17) is 21.1 Å². The molecule has 1 saturated carbocycles. The number of carbonyl (C=O) groups excluding carboxylic acids is 4. The minimum atomic E-state index is -0.585. The molecule has 2 saturated heterocycles. The van der Waals surface area contributed by atoms with Crippen molar-refractivity contribution in [2.75, 3.05) is 46.9 Å². The number of likely N-dealkylation sites (N-methyl/N-ethyl adjacent to an activating group) is 1. The van der Waals surface area contributed by atoms with E-state index in [1.165, 1.54) is 39.8 Å². The summed E-state index contributed by atoms with van der Waals surface area (Å²) in [5.41, 5.74) is 2.13. The predicted octanol–water partition coefficient (Wildman–Crippen LogP) is 5.21. The zero-order chi connectivity index (χ0) is 38.9. The van der Waals surface area contributed by atoms with Crippen LogP contribution in [0, 0.1) is 23.7 Å². The van der Waals surface area contributed by atoms with Crippen molar-refractivity contribution in [1.82, 2.24) is 25.4 Å². The molecule has 3 unspecified atom stereocenters. The summed E-state index contributed by atoms with van der Waals surface area (Å²) in [5, 5.41) is 15.9. The lowest BCUT2D eigenvalue weighted by atomic mass is 9.79. The largest absolute Gasteiger partial charge is 0.493 e. The number of nitrogens with zero attached hydrogens (tertiary/aromatic N) is 2. The fraction of sp³-hybridized carbons (Fsp3) is 0.561. The number of hydrogen-bond acceptors (Lipinski definition) is 7. The number of nitrogens with one attached hydrogen (secondary N) is 3. The summed E-state index contributed by atoms with van der Waals surface area (Å²) in [6, 6.07) is 10.6. The van der Waals surface area contributed by atoms with Gasteiger partial charge in [-0.2, -0.15) is 0 Å². The zero-order valence-electron chi connectivity index (χ0n) is 32.2. The molecule has 2 aromatic carbocycles. The molecule has 1 aromatic heterocycles. The molecule has 3 aromatic rings. The first kappa shape index (κ1) is 40.9. The third-order valence-corrected chi connectivity index (χ3v) is 11.2. The standard InChI is InChI=1S/C32H38ClN5O6.C9H18O/c1-18(2)44-27-8-5-19(9-28(27)43-4)32(42)38-15-21-14-37(17-25(24(21)16-38)31(41)36-13-29(39)34-3)30(40)10-20-12-35-26-11-22(33)6-7-23(20)26;1-2-3-8-4-6-9(10)7-5-8/h5-9,11-12,18,21,24-25,35H,10,13-17H2,1-4H3,(H,34,39)(H,36,41);8-10H,2-7H2,1H3. The molecular weight excluding hydrogens is 710 g/mol. The van der Waals surface area contributed by atoms with Crippen molar-refractivity contribution in [3.63, 3.8) is 0 Å². The van der Waals surface area contributed by atoms with E-state index >= 15 is 0 Å². The molecule has 2 aliphatic heterocycles. The average Bonchev–Trinajstić information content (AvgIpc) is 3.78. The Morgan fingerprint density at radius 1 is 0.981 bits per heavy atom. The average molecular weight is 766 g/mol. The smallest absolute Gasteiger partial charge is 0.254 e. The second-order valence-electron chi connectivity index (χ2n) is 15.1. The number of aliphatic hydroxyl groups is 1. The fourth-order valence-electron chi connectivity index (χ4n) is 8.07. The number of piperidine rings is 1. The van der Waals surface area contributed by atoms with Crippen LogP contribution in [-0.2, 0) is 20.8 Å². The highest BCUT2D eigenvalue weighted by Crippen LogP contribution is 2.38. The van der Waals surface area contributed by atoms with Crippen LogP contribution in [0.5, 0.6) is 11.5 Å². The second-order valence-corrected chi connectivity index (χ2v) is 15.5. The second kappa shape index (κ2) is 18.8. The quantitative estimate of drug-likeness (QED) is 0.209. The molecule has 294 valence electrons. The summed E-state index contributed by atoms with van der Waals surface area (Å²) in [6.45, 7) is 7.28. The lowest BCUT2D eigenvalue weighted by Gasteiger charge is -2.39. The molecule has 54 heavy (non-hydrogen) atoms. The van der Waals surface area contributed by atoms with Crippen LogP contribution in [0.3, 0.4) is 0 Å². The summed E-state index contributed by atoms with van der Waals surface area (Å²) >= 11 is 6.12. The summed E-state index contributed by atoms with van der Waals surface area (Å²) in [4.78, 5) is 59.2. The number of carbonyl (C=O) groups is 4. The number of aromatic nitrogens is 1. The number of methoxy groups -OCH3 is 1. The van der Waals surface area contributed by atoms with E-state index in [1.807, 2.05) is 26.0 Å². The van der Waals surface area contributed by atoms with Gasteiger partial charge < -0.3 is 40.0 Å². The number of aliphatic hydroxyl groups excluding tert-OH is 1. The number of hydrogen-bond donors (Lipinski definition) is 4. The molecular formula is C41H56ClN5O7. The van der Waals surface area contributed by atoms with Crippen molar-refractivity contribution in [3.05, 3.63) is 58.7 Å². The topological polar surface area (TPSA) is 153 Å². The number of H-pyrrole nitrogens is 1. The number of likely N-dealkylation sites (tertiary alicyclic amines) is 2. The summed E-state index contributed by atoms with van der Waals surface area (Å²) in [5.74, 6) is 0.138. The lowest BCUT2D eigenvalue weighted by molar-refractivity contribution is -0.139. The van der Waals surface area contributed by atoms with Crippen LogP contribution < -0.4 is 20.1 Å². The first-order chi connectivity index (χ1) is 25.9. The zero-order valence-corrected chi connectivity index (χ0v) is 32.9. The maximum atomic E-state index is 13.7. The van der Waals surface area contributed by atoms with Gasteiger partial charge in [0, 0.05) is 60.9 Å². The van der Waals surface area contributed by atoms with Crippen molar-refractivity contribution in [3.8, 4) is 11.5 Å². The molecule has 4 amide bonds. The maximum absolute atomic E-state index is 13.7. The Kier molecular flexibility index (Phi) is 14.3. The Morgan fingerprint density at radius 2 is 1.72 bits per heavy atom.